The monoisotopic (exact) mass is 460 g/mol. The van der Waals surface area contributed by atoms with Crippen LogP contribution in [0.3, 0.4) is 0 Å². The summed E-state index contributed by atoms with van der Waals surface area (Å²) in [5, 5.41) is 8.98. The zero-order chi connectivity index (χ0) is 25.5. The number of rotatable bonds is 12. The number of anilines is 1. The lowest BCUT2D eigenvalue weighted by atomic mass is 9.84. The second kappa shape index (κ2) is 12.0. The molecule has 0 aliphatic rings. The van der Waals surface area contributed by atoms with Gasteiger partial charge in [-0.05, 0) is 55.7 Å². The number of carboxylic acid groups (broad SMARTS) is 1. The van der Waals surface area contributed by atoms with E-state index < -0.39 is 35.4 Å². The fourth-order valence-electron chi connectivity index (χ4n) is 3.75. The molecule has 183 valence electrons. The van der Waals surface area contributed by atoms with Gasteiger partial charge in [-0.25, -0.2) is 0 Å². The third kappa shape index (κ3) is 7.20. The van der Waals surface area contributed by atoms with Crippen LogP contribution in [0.15, 0.2) is 12.1 Å². The van der Waals surface area contributed by atoms with E-state index in [0.717, 1.165) is 18.4 Å². The van der Waals surface area contributed by atoms with E-state index in [1.807, 2.05) is 34.0 Å². The second-order valence-corrected chi connectivity index (χ2v) is 9.63. The van der Waals surface area contributed by atoms with Crippen LogP contribution in [0, 0.1) is 12.3 Å². The fourth-order valence-corrected chi connectivity index (χ4v) is 3.75. The number of ketones is 1. The zero-order valence-electron chi connectivity index (χ0n) is 20.6. The molecular formula is C25H38N3O5. The predicted molar refractivity (Wildman–Crippen MR) is 129 cm³/mol. The Balaban J connectivity index is 3.73. The van der Waals surface area contributed by atoms with Crippen molar-refractivity contribution in [2.75, 3.05) is 4.90 Å². The molecule has 8 heteroatoms. The Kier molecular flexibility index (Phi) is 10.4. The lowest BCUT2D eigenvalue weighted by Gasteiger charge is -2.38. The molecule has 0 unspecified atom stereocenters. The van der Waals surface area contributed by atoms with Crippen LogP contribution in [-0.4, -0.2) is 47.2 Å². The smallest absolute Gasteiger partial charge is 0.303 e. The topological polar surface area (TPSA) is 144 Å². The highest BCUT2D eigenvalue weighted by Gasteiger charge is 2.38. The number of hydrogen-bond donors (Lipinski definition) is 3. The molecule has 1 radical (unpaired) electrons. The van der Waals surface area contributed by atoms with Gasteiger partial charge in [0.15, 0.2) is 5.78 Å². The third-order valence-corrected chi connectivity index (χ3v) is 5.65. The molecule has 1 rings (SSSR count). The first kappa shape index (κ1) is 28.5. The number of hydrogen-bond acceptors (Lipinski definition) is 6. The zero-order valence-corrected chi connectivity index (χ0v) is 20.6. The number of carbonyl (C=O) groups is 3. The van der Waals surface area contributed by atoms with Gasteiger partial charge in [-0.15, -0.1) is 0 Å². The van der Waals surface area contributed by atoms with Gasteiger partial charge in [-0.1, -0.05) is 40.2 Å². The van der Waals surface area contributed by atoms with Gasteiger partial charge >= 0.3 is 5.97 Å². The molecule has 1 aromatic carbocycles. The van der Waals surface area contributed by atoms with Crippen molar-refractivity contribution >= 4 is 29.6 Å². The Hall–Kier alpha value is -2.58. The van der Waals surface area contributed by atoms with E-state index in [0.29, 0.717) is 23.2 Å². The molecule has 33 heavy (non-hydrogen) atoms. The molecular weight excluding hydrogens is 422 g/mol. The molecule has 5 N–H and O–H groups in total. The van der Waals surface area contributed by atoms with E-state index >= 15 is 0 Å². The van der Waals surface area contributed by atoms with Crippen LogP contribution in [0.4, 0.5) is 5.69 Å². The van der Waals surface area contributed by atoms with Crippen molar-refractivity contribution in [2.45, 2.75) is 91.8 Å². The number of aliphatic carboxylic acids is 1. The summed E-state index contributed by atoms with van der Waals surface area (Å²) >= 11 is 0. The lowest BCUT2D eigenvalue weighted by molar-refractivity contribution is -0.137. The summed E-state index contributed by atoms with van der Waals surface area (Å²) in [5.41, 5.74) is 13.4. The number of nitrogens with two attached hydrogens (primary N) is 2. The fraction of sp³-hybridized carbons (Fsp3) is 0.600. The molecule has 0 bridgehead atoms. The van der Waals surface area contributed by atoms with Gasteiger partial charge in [0.1, 0.15) is 6.04 Å². The summed E-state index contributed by atoms with van der Waals surface area (Å²) in [6, 6.07) is 0.709. The summed E-state index contributed by atoms with van der Waals surface area (Å²) in [7, 11) is 0. The Morgan fingerprint density at radius 1 is 1.18 bits per heavy atom. The summed E-state index contributed by atoms with van der Waals surface area (Å²) in [4.78, 5) is 50.8. The molecule has 0 fully saturated rings. The highest BCUT2D eigenvalue weighted by Crippen LogP contribution is 2.34. The molecule has 0 aliphatic carbocycles. The molecule has 0 heterocycles. The van der Waals surface area contributed by atoms with Crippen molar-refractivity contribution in [2.24, 2.45) is 16.9 Å². The van der Waals surface area contributed by atoms with E-state index in [1.54, 1.807) is 26.0 Å². The molecule has 1 aromatic rings. The molecule has 1 amide bonds. The minimum Gasteiger partial charge on any atom is -0.481 e. The van der Waals surface area contributed by atoms with Crippen LogP contribution in [0.2, 0.25) is 0 Å². The third-order valence-electron chi connectivity index (χ3n) is 5.65. The Bertz CT molecular complexity index is 874. The van der Waals surface area contributed by atoms with Gasteiger partial charge in [0.05, 0.1) is 12.1 Å². The number of benzene rings is 1. The quantitative estimate of drug-likeness (QED) is 0.407. The highest BCUT2D eigenvalue weighted by atomic mass is 16.4. The maximum absolute atomic E-state index is 13.4. The van der Waals surface area contributed by atoms with E-state index in [-0.39, 0.29) is 18.6 Å². The Morgan fingerprint density at radius 3 is 2.24 bits per heavy atom. The summed E-state index contributed by atoms with van der Waals surface area (Å²) in [6.07, 6.45) is 4.15. The van der Waals surface area contributed by atoms with Crippen molar-refractivity contribution in [1.29, 1.82) is 0 Å². The number of carboxylic acids is 1. The van der Waals surface area contributed by atoms with Gasteiger partial charge < -0.3 is 16.6 Å². The number of unbranched alkanes of at least 4 members (excludes halogenated alkanes) is 1. The minimum atomic E-state index is -1.03. The maximum atomic E-state index is 13.4. The standard InChI is InChI=1S/C25H38N3O5/c1-7-8-9-17-10-12-19(15(2)22(17)23(32)18(27)11-13-21(30)31)28(24(33)16(3)26)20(14-29)25(4,5)6/h10,12,16,18,20H,7-9,11,13,26-27H2,1-6H3,(H,30,31)/t16-,18-,20+/m0/s1. The second-order valence-electron chi connectivity index (χ2n) is 9.63. The van der Waals surface area contributed by atoms with Gasteiger partial charge in [0, 0.05) is 17.7 Å². The molecule has 0 saturated carbocycles. The van der Waals surface area contributed by atoms with Crippen molar-refractivity contribution in [3.63, 3.8) is 0 Å². The van der Waals surface area contributed by atoms with Crippen LogP contribution in [0.25, 0.3) is 0 Å². The molecule has 0 spiro atoms. The molecule has 0 aliphatic heterocycles. The van der Waals surface area contributed by atoms with Crippen LogP contribution >= 0.6 is 0 Å². The molecule has 0 saturated heterocycles. The van der Waals surface area contributed by atoms with E-state index in [4.69, 9.17) is 16.6 Å². The first-order valence-electron chi connectivity index (χ1n) is 11.4. The Labute approximate surface area is 196 Å². The van der Waals surface area contributed by atoms with E-state index in [2.05, 4.69) is 0 Å². The number of carbonyl (C=O) groups excluding carboxylic acids is 3. The highest BCUT2D eigenvalue weighted by molar-refractivity contribution is 6.06. The normalized spacial score (nSPS) is 14.3. The number of nitrogens with zero attached hydrogens (tertiary/aromatic N) is 1. The van der Waals surface area contributed by atoms with Crippen LogP contribution in [-0.2, 0) is 20.8 Å². The first-order chi connectivity index (χ1) is 15.3. The van der Waals surface area contributed by atoms with Gasteiger partial charge in [0.2, 0.25) is 12.2 Å². The maximum Gasteiger partial charge on any atom is 0.303 e. The molecule has 3 atom stereocenters. The SMILES string of the molecule is CCCCc1ccc(N(C(=O)[C@H](C)N)[C@H]([C]=O)C(C)(C)C)c(C)c1C(=O)[C@@H](N)CCC(=O)O. The number of amides is 1. The van der Waals surface area contributed by atoms with Crippen molar-refractivity contribution < 1.29 is 24.3 Å². The van der Waals surface area contributed by atoms with Crippen LogP contribution in [0.5, 0.6) is 0 Å². The van der Waals surface area contributed by atoms with E-state index in [1.165, 1.54) is 4.90 Å². The summed E-state index contributed by atoms with van der Waals surface area (Å²) in [6.45, 7) is 10.8. The van der Waals surface area contributed by atoms with Gasteiger partial charge in [0.25, 0.3) is 0 Å². The molecule has 8 nitrogen and oxygen atoms in total. The lowest BCUT2D eigenvalue weighted by Crippen LogP contribution is -2.53. The van der Waals surface area contributed by atoms with E-state index in [9.17, 15) is 19.2 Å². The number of aryl methyl sites for hydroxylation is 1. The average molecular weight is 461 g/mol. The number of Topliss-reactive ketones (excluding diaryl/α,β-unsaturated/α-hetero) is 1. The summed E-state index contributed by atoms with van der Waals surface area (Å²) in [5.74, 6) is -1.87. The van der Waals surface area contributed by atoms with Crippen molar-refractivity contribution in [1.82, 2.24) is 0 Å². The van der Waals surface area contributed by atoms with Crippen LogP contribution in [0.1, 0.15) is 81.8 Å². The van der Waals surface area contributed by atoms with Crippen LogP contribution < -0.4 is 16.4 Å². The van der Waals surface area contributed by atoms with Gasteiger partial charge in [-0.3, -0.25) is 24.1 Å². The van der Waals surface area contributed by atoms with Gasteiger partial charge in [-0.2, -0.15) is 0 Å². The Morgan fingerprint density at radius 2 is 1.79 bits per heavy atom. The first-order valence-corrected chi connectivity index (χ1v) is 11.4. The average Bonchev–Trinajstić information content (AvgIpc) is 2.72. The molecule has 0 aromatic heterocycles. The van der Waals surface area contributed by atoms with Crippen molar-refractivity contribution in [3.8, 4) is 0 Å². The summed E-state index contributed by atoms with van der Waals surface area (Å²) < 4.78 is 0. The largest absolute Gasteiger partial charge is 0.481 e. The predicted octanol–water partition coefficient (Wildman–Crippen LogP) is 2.92. The van der Waals surface area contributed by atoms with Crippen molar-refractivity contribution in [3.05, 3.63) is 28.8 Å². The minimum absolute atomic E-state index is 0.000261.